The fourth-order valence-corrected chi connectivity index (χ4v) is 7.00. The van der Waals surface area contributed by atoms with Crippen molar-refractivity contribution < 1.29 is 19.1 Å². The van der Waals surface area contributed by atoms with Crippen molar-refractivity contribution in [1.82, 2.24) is 19.6 Å². The number of aryl methyl sites for hydroxylation is 1. The molecule has 2 aromatic rings. The SMILES string of the molecule is Cc1cccc(CN(C(=O)C2CCCC2)C2CC(C(=O)N3CCN(C)CC3)N(Cc3ccc4c(c3)OCCO4)C2)c1. The van der Waals surface area contributed by atoms with Gasteiger partial charge in [0.1, 0.15) is 13.2 Å². The van der Waals surface area contributed by atoms with Crippen molar-refractivity contribution in [3.8, 4) is 11.5 Å². The third-order valence-corrected chi connectivity index (χ3v) is 9.34. The first kappa shape index (κ1) is 28.0. The summed E-state index contributed by atoms with van der Waals surface area (Å²) in [7, 11) is 2.11. The lowest BCUT2D eigenvalue weighted by Gasteiger charge is -2.35. The zero-order valence-corrected chi connectivity index (χ0v) is 24.6. The lowest BCUT2D eigenvalue weighted by Crippen LogP contribution is -2.52. The van der Waals surface area contributed by atoms with E-state index in [0.29, 0.717) is 39.3 Å². The first-order valence-corrected chi connectivity index (χ1v) is 15.4. The van der Waals surface area contributed by atoms with E-state index in [1.165, 1.54) is 5.56 Å². The van der Waals surface area contributed by atoms with Crippen LogP contribution >= 0.6 is 0 Å². The molecule has 0 bridgehead atoms. The number of likely N-dealkylation sites (tertiary alicyclic amines) is 1. The Balaban J connectivity index is 1.27. The van der Waals surface area contributed by atoms with Gasteiger partial charge in [-0.25, -0.2) is 0 Å². The van der Waals surface area contributed by atoms with E-state index in [4.69, 9.17) is 9.47 Å². The molecule has 0 radical (unpaired) electrons. The van der Waals surface area contributed by atoms with E-state index in [9.17, 15) is 9.59 Å². The molecule has 8 heteroatoms. The largest absolute Gasteiger partial charge is 0.486 e. The molecule has 6 rings (SSSR count). The van der Waals surface area contributed by atoms with Crippen LogP contribution in [-0.2, 0) is 22.7 Å². The van der Waals surface area contributed by atoms with Gasteiger partial charge in [0.2, 0.25) is 11.8 Å². The minimum atomic E-state index is -0.256. The molecule has 3 aliphatic heterocycles. The second kappa shape index (κ2) is 12.4. The standard InChI is InChI=1S/C33H44N4O4/c1-24-6-5-7-25(18-24)22-37(32(38)27-8-3-4-9-27)28-20-29(33(39)35-14-12-34(2)13-15-35)36(23-28)21-26-10-11-30-31(19-26)41-17-16-40-30/h5-7,10-11,18-19,27-29H,3-4,8-9,12-17,20-23H2,1-2H3. The van der Waals surface area contributed by atoms with E-state index in [-0.39, 0.29) is 29.8 Å². The van der Waals surface area contributed by atoms with Crippen molar-refractivity contribution in [3.63, 3.8) is 0 Å². The summed E-state index contributed by atoms with van der Waals surface area (Å²) < 4.78 is 11.6. The molecule has 0 spiro atoms. The maximum Gasteiger partial charge on any atom is 0.240 e. The van der Waals surface area contributed by atoms with E-state index in [0.717, 1.165) is 74.5 Å². The van der Waals surface area contributed by atoms with Crippen LogP contribution in [0.1, 0.15) is 48.8 Å². The highest BCUT2D eigenvalue weighted by Gasteiger charge is 2.43. The Bertz CT molecular complexity index is 1240. The number of ether oxygens (including phenoxy) is 2. The number of amides is 2. The lowest BCUT2D eigenvalue weighted by atomic mass is 10.0. The molecule has 8 nitrogen and oxygen atoms in total. The van der Waals surface area contributed by atoms with Gasteiger partial charge in [0.15, 0.2) is 11.5 Å². The minimum absolute atomic E-state index is 0.0118. The zero-order chi connectivity index (χ0) is 28.3. The molecule has 41 heavy (non-hydrogen) atoms. The van der Waals surface area contributed by atoms with Crippen LogP contribution in [0, 0.1) is 12.8 Å². The molecule has 3 heterocycles. The molecule has 0 N–H and O–H groups in total. The number of hydrogen-bond donors (Lipinski definition) is 0. The first-order chi connectivity index (χ1) is 19.9. The maximum absolute atomic E-state index is 14.1. The average Bonchev–Trinajstić information content (AvgIpc) is 3.67. The van der Waals surface area contributed by atoms with Crippen LogP contribution in [0.15, 0.2) is 42.5 Å². The predicted molar refractivity (Wildman–Crippen MR) is 158 cm³/mol. The summed E-state index contributed by atoms with van der Waals surface area (Å²) >= 11 is 0. The van der Waals surface area contributed by atoms with Gasteiger partial charge in [-0.1, -0.05) is 48.7 Å². The van der Waals surface area contributed by atoms with Crippen LogP contribution in [0.25, 0.3) is 0 Å². The van der Waals surface area contributed by atoms with Gasteiger partial charge in [0.05, 0.1) is 6.04 Å². The van der Waals surface area contributed by atoms with Gasteiger partial charge in [-0.05, 0) is 56.5 Å². The predicted octanol–water partition coefficient (Wildman–Crippen LogP) is 3.70. The minimum Gasteiger partial charge on any atom is -0.486 e. The van der Waals surface area contributed by atoms with Gasteiger partial charge in [0, 0.05) is 57.8 Å². The second-order valence-corrected chi connectivity index (χ2v) is 12.4. The molecule has 2 aromatic carbocycles. The van der Waals surface area contributed by atoms with Crippen molar-refractivity contribution in [2.24, 2.45) is 5.92 Å². The van der Waals surface area contributed by atoms with E-state index >= 15 is 0 Å². The van der Waals surface area contributed by atoms with E-state index in [1.54, 1.807) is 0 Å². The number of hydrogen-bond acceptors (Lipinski definition) is 6. The Kier molecular flexibility index (Phi) is 8.49. The van der Waals surface area contributed by atoms with Crippen molar-refractivity contribution in [2.75, 3.05) is 53.0 Å². The molecule has 4 aliphatic rings. The Hall–Kier alpha value is -3.10. The number of fused-ring (bicyclic) bond motifs is 1. The fourth-order valence-electron chi connectivity index (χ4n) is 7.00. The van der Waals surface area contributed by atoms with Gasteiger partial charge >= 0.3 is 0 Å². The molecule has 3 fully saturated rings. The zero-order valence-electron chi connectivity index (χ0n) is 24.6. The third-order valence-electron chi connectivity index (χ3n) is 9.34. The monoisotopic (exact) mass is 560 g/mol. The van der Waals surface area contributed by atoms with E-state index in [2.05, 4.69) is 59.0 Å². The van der Waals surface area contributed by atoms with Crippen LogP contribution in [0.4, 0.5) is 0 Å². The molecule has 2 atom stereocenters. The summed E-state index contributed by atoms with van der Waals surface area (Å²) in [5.41, 5.74) is 3.45. The molecular weight excluding hydrogens is 516 g/mol. The van der Waals surface area contributed by atoms with Crippen molar-refractivity contribution in [1.29, 1.82) is 0 Å². The fraction of sp³-hybridized carbons (Fsp3) is 0.576. The van der Waals surface area contributed by atoms with Gasteiger partial charge in [-0.15, -0.1) is 0 Å². The third kappa shape index (κ3) is 6.38. The number of likely N-dealkylation sites (N-methyl/N-ethyl adjacent to an activating group) is 1. The van der Waals surface area contributed by atoms with Gasteiger partial charge < -0.3 is 24.2 Å². The molecule has 2 unspecified atom stereocenters. The molecule has 1 saturated carbocycles. The van der Waals surface area contributed by atoms with Crippen LogP contribution in [0.5, 0.6) is 11.5 Å². The van der Waals surface area contributed by atoms with Gasteiger partial charge in [-0.2, -0.15) is 0 Å². The number of carbonyl (C=O) groups excluding carboxylic acids is 2. The number of rotatable bonds is 7. The number of carbonyl (C=O) groups is 2. The van der Waals surface area contributed by atoms with Gasteiger partial charge in [0.25, 0.3) is 0 Å². The summed E-state index contributed by atoms with van der Waals surface area (Å²) in [6, 6.07) is 14.3. The van der Waals surface area contributed by atoms with E-state index < -0.39 is 0 Å². The van der Waals surface area contributed by atoms with E-state index in [1.807, 2.05) is 17.0 Å². The first-order valence-electron chi connectivity index (χ1n) is 15.4. The van der Waals surface area contributed by atoms with Gasteiger partial charge in [-0.3, -0.25) is 14.5 Å². The summed E-state index contributed by atoms with van der Waals surface area (Å²) in [5.74, 6) is 2.10. The van der Waals surface area contributed by atoms with Crippen molar-refractivity contribution in [2.45, 2.75) is 64.2 Å². The summed E-state index contributed by atoms with van der Waals surface area (Å²) in [6.45, 7) is 8.41. The average molecular weight is 561 g/mol. The number of piperazine rings is 1. The van der Waals surface area contributed by atoms with Crippen molar-refractivity contribution >= 4 is 11.8 Å². The Morgan fingerprint density at radius 1 is 0.927 bits per heavy atom. The summed E-state index contributed by atoms with van der Waals surface area (Å²) in [4.78, 5) is 36.8. The second-order valence-electron chi connectivity index (χ2n) is 12.4. The lowest BCUT2D eigenvalue weighted by molar-refractivity contribution is -0.139. The molecule has 1 aliphatic carbocycles. The highest BCUT2D eigenvalue weighted by Crippen LogP contribution is 2.35. The summed E-state index contributed by atoms with van der Waals surface area (Å²) in [6.07, 6.45) is 4.86. The number of nitrogens with zero attached hydrogens (tertiary/aromatic N) is 4. The van der Waals surface area contributed by atoms with Crippen LogP contribution < -0.4 is 9.47 Å². The topological polar surface area (TPSA) is 65.6 Å². The Labute approximate surface area is 244 Å². The Morgan fingerprint density at radius 3 is 2.44 bits per heavy atom. The van der Waals surface area contributed by atoms with Crippen LogP contribution in [0.2, 0.25) is 0 Å². The Morgan fingerprint density at radius 2 is 1.68 bits per heavy atom. The van der Waals surface area contributed by atoms with Crippen LogP contribution in [0.3, 0.4) is 0 Å². The maximum atomic E-state index is 14.1. The molecule has 2 amide bonds. The number of benzene rings is 2. The van der Waals surface area contributed by atoms with Crippen molar-refractivity contribution in [3.05, 3.63) is 59.2 Å². The quantitative estimate of drug-likeness (QED) is 0.515. The molecule has 2 saturated heterocycles. The summed E-state index contributed by atoms with van der Waals surface area (Å²) in [5, 5.41) is 0. The highest BCUT2D eigenvalue weighted by molar-refractivity contribution is 5.83. The molecule has 0 aromatic heterocycles. The smallest absolute Gasteiger partial charge is 0.240 e. The van der Waals surface area contributed by atoms with Crippen LogP contribution in [-0.4, -0.2) is 96.5 Å². The normalized spacial score (nSPS) is 23.6. The molecule has 220 valence electrons. The highest BCUT2D eigenvalue weighted by atomic mass is 16.6. The molecular formula is C33H44N4O4.